The zero-order chi connectivity index (χ0) is 12.0. The van der Waals surface area contributed by atoms with Gasteiger partial charge in [0.15, 0.2) is 0 Å². The Morgan fingerprint density at radius 2 is 2.38 bits per heavy atom. The molecule has 4 nitrogen and oxygen atoms in total. The maximum Gasteiger partial charge on any atom is 0.331 e. The van der Waals surface area contributed by atoms with Gasteiger partial charge < -0.3 is 9.84 Å². The van der Waals surface area contributed by atoms with Gasteiger partial charge in [-0.2, -0.15) is 0 Å². The number of likely N-dealkylation sites (tertiary alicyclic amines) is 1. The second kappa shape index (κ2) is 6.66. The number of ether oxygens (including phenoxy) is 1. The third kappa shape index (κ3) is 3.94. The van der Waals surface area contributed by atoms with Crippen molar-refractivity contribution in [3.8, 4) is 0 Å². The van der Waals surface area contributed by atoms with E-state index in [1.165, 1.54) is 0 Å². The molecule has 1 fully saturated rings. The molecule has 1 N–H and O–H groups in total. The van der Waals surface area contributed by atoms with Gasteiger partial charge in [-0.05, 0) is 25.8 Å². The van der Waals surface area contributed by atoms with Crippen LogP contribution in [-0.2, 0) is 9.53 Å². The quantitative estimate of drug-likeness (QED) is 0.723. The van der Waals surface area contributed by atoms with Crippen LogP contribution in [0, 0.1) is 0 Å². The lowest BCUT2D eigenvalue weighted by molar-refractivity contribution is -0.132. The van der Waals surface area contributed by atoms with Gasteiger partial charge in [-0.1, -0.05) is 13.0 Å². The summed E-state index contributed by atoms with van der Waals surface area (Å²) in [6, 6.07) is 0. The number of carbonyl (C=O) groups is 1. The van der Waals surface area contributed by atoms with E-state index in [-0.39, 0.29) is 0 Å². The zero-order valence-corrected chi connectivity index (χ0v) is 10.1. The fourth-order valence-corrected chi connectivity index (χ4v) is 1.99. The summed E-state index contributed by atoms with van der Waals surface area (Å²) in [6.45, 7) is 4.53. The molecule has 0 aromatic heterocycles. The van der Waals surface area contributed by atoms with E-state index in [0.29, 0.717) is 18.1 Å². The first-order chi connectivity index (χ1) is 7.67. The van der Waals surface area contributed by atoms with Crippen LogP contribution in [0.1, 0.15) is 26.2 Å². The van der Waals surface area contributed by atoms with Gasteiger partial charge in [-0.25, -0.2) is 4.79 Å². The highest BCUT2D eigenvalue weighted by Gasteiger charge is 2.18. The third-order valence-electron chi connectivity index (χ3n) is 3.05. The number of hydrogen-bond acceptors (Lipinski definition) is 3. The van der Waals surface area contributed by atoms with E-state index in [2.05, 4.69) is 4.90 Å². The Morgan fingerprint density at radius 1 is 1.62 bits per heavy atom. The van der Waals surface area contributed by atoms with Crippen LogP contribution in [0.25, 0.3) is 0 Å². The van der Waals surface area contributed by atoms with Crippen molar-refractivity contribution in [1.29, 1.82) is 0 Å². The maximum absolute atomic E-state index is 10.8. The van der Waals surface area contributed by atoms with E-state index in [9.17, 15) is 4.79 Å². The van der Waals surface area contributed by atoms with Crippen molar-refractivity contribution in [3.63, 3.8) is 0 Å². The van der Waals surface area contributed by atoms with Crippen LogP contribution < -0.4 is 0 Å². The Bertz CT molecular complexity index is 263. The van der Waals surface area contributed by atoms with Gasteiger partial charge in [0, 0.05) is 25.8 Å². The van der Waals surface area contributed by atoms with Gasteiger partial charge in [-0.15, -0.1) is 0 Å². The van der Waals surface area contributed by atoms with E-state index in [0.717, 1.165) is 32.5 Å². The second-order valence-corrected chi connectivity index (χ2v) is 4.15. The van der Waals surface area contributed by atoms with Crippen LogP contribution in [0.4, 0.5) is 0 Å². The monoisotopic (exact) mass is 227 g/mol. The lowest BCUT2D eigenvalue weighted by Gasteiger charge is -2.31. The first-order valence-corrected chi connectivity index (χ1v) is 5.84. The van der Waals surface area contributed by atoms with Gasteiger partial charge in [0.1, 0.15) is 0 Å². The molecule has 0 aromatic carbocycles. The second-order valence-electron chi connectivity index (χ2n) is 4.15. The molecule has 0 bridgehead atoms. The maximum atomic E-state index is 10.8. The smallest absolute Gasteiger partial charge is 0.331 e. The summed E-state index contributed by atoms with van der Waals surface area (Å²) >= 11 is 0. The predicted octanol–water partition coefficient (Wildman–Crippen LogP) is 1.52. The summed E-state index contributed by atoms with van der Waals surface area (Å²) in [5.41, 5.74) is 0.500. The number of aliphatic carboxylic acids is 1. The predicted molar refractivity (Wildman–Crippen MR) is 62.5 cm³/mol. The van der Waals surface area contributed by atoms with Gasteiger partial charge >= 0.3 is 5.97 Å². The van der Waals surface area contributed by atoms with Crippen molar-refractivity contribution in [2.45, 2.75) is 32.3 Å². The molecule has 16 heavy (non-hydrogen) atoms. The average molecular weight is 227 g/mol. The number of rotatable bonds is 5. The van der Waals surface area contributed by atoms with Crippen LogP contribution in [0.15, 0.2) is 11.6 Å². The molecule has 1 aliphatic heterocycles. The molecule has 1 atom stereocenters. The van der Waals surface area contributed by atoms with Gasteiger partial charge in [0.05, 0.1) is 6.10 Å². The minimum atomic E-state index is -0.803. The summed E-state index contributed by atoms with van der Waals surface area (Å²) in [5.74, 6) is -0.803. The van der Waals surface area contributed by atoms with E-state index in [4.69, 9.17) is 9.84 Å². The highest BCUT2D eigenvalue weighted by atomic mass is 16.5. The molecule has 92 valence electrons. The van der Waals surface area contributed by atoms with Crippen molar-refractivity contribution >= 4 is 5.97 Å². The number of carboxylic acids is 1. The Hall–Kier alpha value is -0.870. The standard InChI is InChI=1S/C12H21NO3/c1-3-10(12(14)15)6-8-13-7-4-5-11(9-13)16-2/h6,11H,3-5,7-9H2,1-2H3,(H,14,15). The molecule has 0 aromatic rings. The molecule has 1 unspecified atom stereocenters. The average Bonchev–Trinajstić information content (AvgIpc) is 2.29. The molecule has 0 aliphatic carbocycles. The van der Waals surface area contributed by atoms with Gasteiger partial charge in [0.2, 0.25) is 0 Å². The van der Waals surface area contributed by atoms with Gasteiger partial charge in [-0.3, -0.25) is 4.90 Å². The first-order valence-electron chi connectivity index (χ1n) is 5.84. The van der Waals surface area contributed by atoms with E-state index in [1.54, 1.807) is 7.11 Å². The largest absolute Gasteiger partial charge is 0.478 e. The van der Waals surface area contributed by atoms with E-state index in [1.807, 2.05) is 13.0 Å². The summed E-state index contributed by atoms with van der Waals surface area (Å²) in [4.78, 5) is 13.1. The molecule has 0 saturated carbocycles. The van der Waals surface area contributed by atoms with Crippen LogP contribution in [0.5, 0.6) is 0 Å². The molecule has 0 amide bonds. The number of methoxy groups -OCH3 is 1. The van der Waals surface area contributed by atoms with E-state index >= 15 is 0 Å². The minimum absolute atomic E-state index is 0.303. The zero-order valence-electron chi connectivity index (χ0n) is 10.1. The van der Waals surface area contributed by atoms with Crippen LogP contribution in [0.2, 0.25) is 0 Å². The van der Waals surface area contributed by atoms with Gasteiger partial charge in [0.25, 0.3) is 0 Å². The SMILES string of the molecule is CCC(=CCN1CCCC(OC)C1)C(=O)O. The summed E-state index contributed by atoms with van der Waals surface area (Å²) in [6.07, 6.45) is 4.94. The Balaban J connectivity index is 2.44. The fourth-order valence-electron chi connectivity index (χ4n) is 1.99. The van der Waals surface area contributed by atoms with Crippen molar-refractivity contribution in [2.24, 2.45) is 0 Å². The lowest BCUT2D eigenvalue weighted by atomic mass is 10.1. The van der Waals surface area contributed by atoms with Crippen molar-refractivity contribution < 1.29 is 14.6 Å². The molecule has 1 rings (SSSR count). The van der Waals surface area contributed by atoms with E-state index < -0.39 is 5.97 Å². The Morgan fingerprint density at radius 3 is 2.94 bits per heavy atom. The van der Waals surface area contributed by atoms with Crippen LogP contribution >= 0.6 is 0 Å². The highest BCUT2D eigenvalue weighted by molar-refractivity contribution is 5.86. The lowest BCUT2D eigenvalue weighted by Crippen LogP contribution is -2.39. The molecule has 1 heterocycles. The van der Waals surface area contributed by atoms with Crippen molar-refractivity contribution in [3.05, 3.63) is 11.6 Å². The molecular formula is C12H21NO3. The van der Waals surface area contributed by atoms with Crippen molar-refractivity contribution in [2.75, 3.05) is 26.7 Å². The molecule has 0 spiro atoms. The number of hydrogen-bond donors (Lipinski definition) is 1. The number of nitrogens with zero attached hydrogens (tertiary/aromatic N) is 1. The van der Waals surface area contributed by atoms with Crippen LogP contribution in [0.3, 0.4) is 0 Å². The topological polar surface area (TPSA) is 49.8 Å². The molecule has 1 saturated heterocycles. The minimum Gasteiger partial charge on any atom is -0.478 e. The molecular weight excluding hydrogens is 206 g/mol. The Labute approximate surface area is 96.9 Å². The number of piperidine rings is 1. The van der Waals surface area contributed by atoms with Crippen molar-refractivity contribution in [1.82, 2.24) is 4.90 Å². The fraction of sp³-hybridized carbons (Fsp3) is 0.750. The van der Waals surface area contributed by atoms with Crippen LogP contribution in [-0.4, -0.2) is 48.8 Å². The summed E-state index contributed by atoms with van der Waals surface area (Å²) < 4.78 is 5.32. The normalized spacial score (nSPS) is 23.4. The highest BCUT2D eigenvalue weighted by Crippen LogP contribution is 2.12. The summed E-state index contributed by atoms with van der Waals surface area (Å²) in [5, 5.41) is 8.89. The molecule has 1 aliphatic rings. The molecule has 0 radical (unpaired) electrons. The summed E-state index contributed by atoms with van der Waals surface area (Å²) in [7, 11) is 1.73. The number of carboxylic acid groups (broad SMARTS) is 1. The molecule has 4 heteroatoms. The third-order valence-corrected chi connectivity index (χ3v) is 3.05. The Kier molecular flexibility index (Phi) is 5.49. The first kappa shape index (κ1) is 13.2.